The maximum absolute atomic E-state index is 12.4. The summed E-state index contributed by atoms with van der Waals surface area (Å²) in [4.78, 5) is 24.9. The predicted octanol–water partition coefficient (Wildman–Crippen LogP) is 1.90. The van der Waals surface area contributed by atoms with Crippen LogP contribution in [0.1, 0.15) is 32.1 Å². The van der Waals surface area contributed by atoms with E-state index in [1.54, 1.807) is 12.2 Å². The summed E-state index contributed by atoms with van der Waals surface area (Å²) in [6, 6.07) is 0. The van der Waals surface area contributed by atoms with E-state index >= 15 is 0 Å². The molecule has 21 heavy (non-hydrogen) atoms. The van der Waals surface area contributed by atoms with E-state index in [9.17, 15) is 9.59 Å². The number of hydrogen-bond donors (Lipinski definition) is 0. The van der Waals surface area contributed by atoms with E-state index in [1.807, 2.05) is 0 Å². The molecule has 5 saturated carbocycles. The van der Waals surface area contributed by atoms with Crippen LogP contribution in [0.15, 0.2) is 12.2 Å². The number of carbonyl (C=O) groups excluding carboxylic acids is 2. The first-order valence-corrected chi connectivity index (χ1v) is 8.63. The lowest BCUT2D eigenvalue weighted by Crippen LogP contribution is -2.50. The SMILES string of the molecule is O=C1C=CC(=O)C2C1C1CC2C23OC12C1CCC3C12CC2. The average Bonchev–Trinajstić information content (AvgIpc) is 3.25. The Morgan fingerprint density at radius 3 is 1.90 bits per heavy atom. The van der Waals surface area contributed by atoms with Gasteiger partial charge in [0.1, 0.15) is 11.2 Å². The molecule has 6 fully saturated rings. The maximum atomic E-state index is 12.4. The van der Waals surface area contributed by atoms with Crippen LogP contribution in [-0.4, -0.2) is 22.8 Å². The van der Waals surface area contributed by atoms with Crippen molar-refractivity contribution in [3.8, 4) is 0 Å². The van der Waals surface area contributed by atoms with Crippen LogP contribution in [0.2, 0.25) is 0 Å². The van der Waals surface area contributed by atoms with Gasteiger partial charge in [0, 0.05) is 23.7 Å². The predicted molar refractivity (Wildman–Crippen MR) is 72.2 cm³/mol. The van der Waals surface area contributed by atoms with Crippen molar-refractivity contribution in [2.24, 2.45) is 40.9 Å². The zero-order chi connectivity index (χ0) is 13.8. The van der Waals surface area contributed by atoms with Crippen LogP contribution in [0, 0.1) is 40.9 Å². The van der Waals surface area contributed by atoms with Crippen molar-refractivity contribution in [2.45, 2.75) is 43.3 Å². The molecule has 7 rings (SSSR count). The van der Waals surface area contributed by atoms with E-state index < -0.39 is 0 Å². The van der Waals surface area contributed by atoms with Gasteiger partial charge in [0.15, 0.2) is 11.6 Å². The van der Waals surface area contributed by atoms with Gasteiger partial charge in [0.05, 0.1) is 0 Å². The van der Waals surface area contributed by atoms with Gasteiger partial charge in [-0.1, -0.05) is 0 Å². The Labute approximate surface area is 123 Å². The van der Waals surface area contributed by atoms with Gasteiger partial charge in [-0.3, -0.25) is 9.59 Å². The highest BCUT2D eigenvalue weighted by atomic mass is 16.6. The normalized spacial score (nSPS) is 65.7. The Bertz CT molecular complexity index is 637. The number of rotatable bonds is 0. The highest BCUT2D eigenvalue weighted by Gasteiger charge is 2.99. The Morgan fingerprint density at radius 1 is 0.905 bits per heavy atom. The Hall–Kier alpha value is -0.960. The summed E-state index contributed by atoms with van der Waals surface area (Å²) in [7, 11) is 0. The van der Waals surface area contributed by atoms with Crippen LogP contribution in [0.4, 0.5) is 0 Å². The Morgan fingerprint density at radius 2 is 1.43 bits per heavy atom. The van der Waals surface area contributed by atoms with Crippen molar-refractivity contribution in [1.29, 1.82) is 0 Å². The van der Waals surface area contributed by atoms with Crippen molar-refractivity contribution in [2.75, 3.05) is 0 Å². The fraction of sp³-hybridized carbons (Fsp3) is 0.778. The zero-order valence-electron chi connectivity index (χ0n) is 11.9. The zero-order valence-corrected chi connectivity index (χ0v) is 11.9. The van der Waals surface area contributed by atoms with Crippen molar-refractivity contribution >= 4 is 11.6 Å². The largest absolute Gasteiger partial charge is 0.361 e. The number of fused-ring (bicyclic) bond motifs is 5. The number of ether oxygens (including phenoxy) is 1. The molecule has 6 aliphatic carbocycles. The number of ketones is 2. The molecule has 3 nitrogen and oxygen atoms in total. The molecule has 0 radical (unpaired) electrons. The molecule has 8 atom stereocenters. The van der Waals surface area contributed by atoms with Crippen LogP contribution >= 0.6 is 0 Å². The Kier molecular flexibility index (Phi) is 1.31. The summed E-state index contributed by atoms with van der Waals surface area (Å²) < 4.78 is 6.57. The number of carbonyl (C=O) groups is 2. The van der Waals surface area contributed by atoms with Gasteiger partial charge in [-0.2, -0.15) is 0 Å². The van der Waals surface area contributed by atoms with Crippen LogP contribution in [0.25, 0.3) is 0 Å². The summed E-state index contributed by atoms with van der Waals surface area (Å²) in [6.07, 6.45) is 9.55. The van der Waals surface area contributed by atoms with Gasteiger partial charge >= 0.3 is 0 Å². The van der Waals surface area contributed by atoms with E-state index in [4.69, 9.17) is 4.74 Å². The molecule has 3 heteroatoms. The molecule has 8 unspecified atom stereocenters. The summed E-state index contributed by atoms with van der Waals surface area (Å²) in [5.41, 5.74) is 0.626. The molecule has 108 valence electrons. The quantitative estimate of drug-likeness (QED) is 0.638. The molecule has 0 aromatic heterocycles. The monoisotopic (exact) mass is 282 g/mol. The smallest absolute Gasteiger partial charge is 0.160 e. The number of allylic oxidation sites excluding steroid dienone is 2. The lowest BCUT2D eigenvalue weighted by molar-refractivity contribution is -0.132. The number of epoxide rings is 1. The van der Waals surface area contributed by atoms with Gasteiger partial charge in [-0.05, 0) is 61.5 Å². The molecule has 1 aliphatic heterocycles. The second-order valence-electron chi connectivity index (χ2n) is 8.74. The van der Waals surface area contributed by atoms with Crippen LogP contribution in [0.3, 0.4) is 0 Å². The molecule has 0 amide bonds. The third kappa shape index (κ3) is 0.730. The van der Waals surface area contributed by atoms with E-state index in [2.05, 4.69) is 0 Å². The summed E-state index contributed by atoms with van der Waals surface area (Å²) in [5.74, 6) is 2.44. The first kappa shape index (κ1) is 10.7. The van der Waals surface area contributed by atoms with Crippen molar-refractivity contribution in [1.82, 2.24) is 0 Å². The van der Waals surface area contributed by atoms with E-state index in [-0.39, 0.29) is 34.6 Å². The van der Waals surface area contributed by atoms with E-state index in [0.717, 1.165) is 6.42 Å². The van der Waals surface area contributed by atoms with Gasteiger partial charge in [-0.15, -0.1) is 0 Å². The lowest BCUT2D eigenvalue weighted by Gasteiger charge is -2.37. The fourth-order valence-electron chi connectivity index (χ4n) is 8.55. The van der Waals surface area contributed by atoms with Gasteiger partial charge < -0.3 is 4.74 Å². The summed E-state index contributed by atoms with van der Waals surface area (Å²) in [6.45, 7) is 0. The highest BCUT2D eigenvalue weighted by Crippen LogP contribution is 2.93. The minimum atomic E-state index is -0.0433. The summed E-state index contributed by atoms with van der Waals surface area (Å²) >= 11 is 0. The van der Waals surface area contributed by atoms with E-state index in [0.29, 0.717) is 29.1 Å². The first-order valence-electron chi connectivity index (χ1n) is 8.63. The molecule has 4 bridgehead atoms. The Balaban J connectivity index is 1.47. The fourth-order valence-corrected chi connectivity index (χ4v) is 8.55. The molecular formula is C18H18O3. The topological polar surface area (TPSA) is 46.7 Å². The standard InChI is InChI=1S/C18H18O3/c19-10-1-2-11(20)15-9-7-8(14(10)15)17-12-3-4-13(16(12)5-6-16)18(9,17)21-17/h1-2,8-9,12-15H,3-7H2. The molecular weight excluding hydrogens is 264 g/mol. The second kappa shape index (κ2) is 2.58. The van der Waals surface area contributed by atoms with Gasteiger partial charge in [-0.25, -0.2) is 0 Å². The lowest BCUT2D eigenvalue weighted by atomic mass is 9.60. The average molecular weight is 282 g/mol. The van der Waals surface area contributed by atoms with Crippen LogP contribution in [0.5, 0.6) is 0 Å². The summed E-state index contributed by atoms with van der Waals surface area (Å²) in [5, 5.41) is 0. The number of hydrogen-bond acceptors (Lipinski definition) is 3. The second-order valence-corrected chi connectivity index (χ2v) is 8.74. The minimum absolute atomic E-state index is 0.0272. The first-order chi connectivity index (χ1) is 10.2. The minimum Gasteiger partial charge on any atom is -0.361 e. The van der Waals surface area contributed by atoms with Crippen molar-refractivity contribution in [3.05, 3.63) is 12.2 Å². The molecule has 0 N–H and O–H groups in total. The third-order valence-electron chi connectivity index (χ3n) is 8.83. The molecule has 0 aromatic carbocycles. The molecule has 1 heterocycles. The third-order valence-corrected chi connectivity index (χ3v) is 8.83. The molecule has 1 saturated heterocycles. The van der Waals surface area contributed by atoms with Gasteiger partial charge in [0.2, 0.25) is 0 Å². The van der Waals surface area contributed by atoms with E-state index in [1.165, 1.54) is 25.7 Å². The van der Waals surface area contributed by atoms with Gasteiger partial charge in [0.25, 0.3) is 0 Å². The van der Waals surface area contributed by atoms with Crippen molar-refractivity contribution in [3.63, 3.8) is 0 Å². The van der Waals surface area contributed by atoms with Crippen LogP contribution in [-0.2, 0) is 14.3 Å². The van der Waals surface area contributed by atoms with Crippen molar-refractivity contribution < 1.29 is 14.3 Å². The van der Waals surface area contributed by atoms with Crippen LogP contribution < -0.4 is 0 Å². The molecule has 0 aromatic rings. The molecule has 7 aliphatic rings. The maximum Gasteiger partial charge on any atom is 0.160 e. The highest BCUT2D eigenvalue weighted by molar-refractivity contribution is 6.08. The molecule has 1 spiro atoms.